The van der Waals surface area contributed by atoms with E-state index < -0.39 is 29.6 Å². The van der Waals surface area contributed by atoms with E-state index in [1.54, 1.807) is 6.92 Å². The summed E-state index contributed by atoms with van der Waals surface area (Å²) in [6, 6.07) is -0.750. The van der Waals surface area contributed by atoms with E-state index in [-0.39, 0.29) is 73.3 Å². The van der Waals surface area contributed by atoms with Gasteiger partial charge in [-0.05, 0) is 122 Å². The molecule has 0 aromatic rings. The molecule has 0 aromatic heterocycles. The molecule has 0 aromatic carbocycles. The van der Waals surface area contributed by atoms with Crippen LogP contribution in [0.3, 0.4) is 0 Å². The van der Waals surface area contributed by atoms with Crippen molar-refractivity contribution in [1.82, 2.24) is 20.9 Å². The van der Waals surface area contributed by atoms with Gasteiger partial charge in [0.05, 0.1) is 25.4 Å². The molecule has 2 aliphatic heterocycles. The lowest BCUT2D eigenvalue weighted by molar-refractivity contribution is -0.174. The number of β-lactam (4-membered cyclic amide) rings is 1. The van der Waals surface area contributed by atoms with Gasteiger partial charge in [-0.2, -0.15) is 0 Å². The van der Waals surface area contributed by atoms with E-state index in [0.29, 0.717) is 59.7 Å². The molecule has 5 fully saturated rings. The minimum absolute atomic E-state index is 0.0333. The Morgan fingerprint density at radius 3 is 2.60 bits per heavy atom. The Morgan fingerprint density at radius 1 is 1.09 bits per heavy atom. The van der Waals surface area contributed by atoms with Crippen LogP contribution in [0, 0.1) is 58.7 Å². The second kappa shape index (κ2) is 18.2. The van der Waals surface area contributed by atoms with E-state index in [1.807, 2.05) is 0 Å². The van der Waals surface area contributed by atoms with E-state index in [9.17, 15) is 29.4 Å². The highest BCUT2D eigenvalue weighted by molar-refractivity contribution is 8.00. The molecule has 2 heterocycles. The number of nitrogens with zero attached hydrogens (tertiary/aromatic N) is 4. The molecule has 0 radical (unpaired) electrons. The van der Waals surface area contributed by atoms with Crippen LogP contribution in [0.4, 0.5) is 4.79 Å². The first kappa shape index (κ1) is 43.1. The number of fused-ring (bicyclic) bond motifs is 6. The number of amides is 4. The summed E-state index contributed by atoms with van der Waals surface area (Å²) >= 11 is 1.49. The highest BCUT2D eigenvalue weighted by atomic mass is 32.2. The van der Waals surface area contributed by atoms with Crippen molar-refractivity contribution in [2.45, 2.75) is 128 Å². The molecular formula is C41H61N7O8S. The van der Waals surface area contributed by atoms with Gasteiger partial charge in [-0.1, -0.05) is 25.9 Å². The second-order valence-corrected chi connectivity index (χ2v) is 18.9. The van der Waals surface area contributed by atoms with E-state index in [0.717, 1.165) is 51.4 Å². The van der Waals surface area contributed by atoms with Gasteiger partial charge in [-0.25, -0.2) is 4.79 Å². The first-order valence-corrected chi connectivity index (χ1v) is 21.8. The number of terminal acetylenes is 1. The van der Waals surface area contributed by atoms with E-state index in [4.69, 9.17) is 21.4 Å². The van der Waals surface area contributed by atoms with Gasteiger partial charge in [0.15, 0.2) is 0 Å². The minimum atomic E-state index is -0.967. The summed E-state index contributed by atoms with van der Waals surface area (Å²) in [5.74, 6) is 4.17. The average molecular weight is 812 g/mol. The fraction of sp³-hybridized carbons (Fsp3) is 0.805. The fourth-order valence-corrected chi connectivity index (χ4v) is 13.2. The largest absolute Gasteiger partial charge is 0.447 e. The standard InChI is InChI=1S/C41H61N7O8S/c1-6-7-31(45-39(54)56-19-18-55-17-16-43-47-42)44-36(52)35-24(3)22-57-38-34(37(53)48(35)38)46-32(51)11-8-23(2)27-9-10-28-33-29(13-15-41(27,28)5)40(4)14-12-26(49)20-25(40)21-30(33)50/h1,23,25-31,33-34,38,49-50H,7-22H2,2-5H3,(H,44,52)(H,45,54)(H,46,51). The predicted molar refractivity (Wildman–Crippen MR) is 213 cm³/mol. The average Bonchev–Trinajstić information content (AvgIpc) is 3.53. The van der Waals surface area contributed by atoms with Gasteiger partial charge in [0.25, 0.3) is 11.8 Å². The monoisotopic (exact) mass is 811 g/mol. The van der Waals surface area contributed by atoms with Gasteiger partial charge in [0.2, 0.25) is 5.91 Å². The van der Waals surface area contributed by atoms with Gasteiger partial charge >= 0.3 is 6.09 Å². The number of aliphatic hydroxyl groups excluding tert-OH is 2. The number of alkyl carbamates (subject to hydrolysis) is 1. The van der Waals surface area contributed by atoms with Crippen LogP contribution in [-0.4, -0.2) is 101 Å². The molecule has 0 bridgehead atoms. The lowest BCUT2D eigenvalue weighted by Crippen LogP contribution is -2.71. The molecule has 13 unspecified atom stereocenters. The van der Waals surface area contributed by atoms with Crippen molar-refractivity contribution >= 4 is 35.6 Å². The third kappa shape index (κ3) is 8.79. The summed E-state index contributed by atoms with van der Waals surface area (Å²) in [5.41, 5.74) is 9.46. The Labute approximate surface area is 340 Å². The maximum Gasteiger partial charge on any atom is 0.408 e. The van der Waals surface area contributed by atoms with Gasteiger partial charge in [-0.15, -0.1) is 24.1 Å². The summed E-state index contributed by atoms with van der Waals surface area (Å²) in [6.07, 6.45) is 12.1. The van der Waals surface area contributed by atoms with Crippen LogP contribution < -0.4 is 16.0 Å². The summed E-state index contributed by atoms with van der Waals surface area (Å²) in [4.78, 5) is 56.9. The fourth-order valence-electron chi connectivity index (χ4n) is 11.9. The van der Waals surface area contributed by atoms with Crippen LogP contribution in [0.1, 0.15) is 98.3 Å². The van der Waals surface area contributed by atoms with E-state index in [1.165, 1.54) is 16.7 Å². The zero-order valence-corrected chi connectivity index (χ0v) is 34.6. The normalized spacial score (nSPS) is 36.4. The summed E-state index contributed by atoms with van der Waals surface area (Å²) < 4.78 is 10.3. The summed E-state index contributed by atoms with van der Waals surface area (Å²) in [6.45, 7) is 9.24. The second-order valence-electron chi connectivity index (χ2n) is 17.8. The Kier molecular flexibility index (Phi) is 13.8. The lowest BCUT2D eigenvalue weighted by Gasteiger charge is -2.62. The minimum Gasteiger partial charge on any atom is -0.447 e. The van der Waals surface area contributed by atoms with Crippen molar-refractivity contribution in [3.8, 4) is 12.3 Å². The number of rotatable bonds is 15. The van der Waals surface area contributed by atoms with Gasteiger partial charge in [0.1, 0.15) is 29.9 Å². The highest BCUT2D eigenvalue weighted by Gasteiger charge is 2.63. The molecule has 16 heteroatoms. The Bertz CT molecular complexity index is 1670. The predicted octanol–water partition coefficient (Wildman–Crippen LogP) is 4.59. The Hall–Kier alpha value is -3.48. The smallest absolute Gasteiger partial charge is 0.408 e. The molecule has 13 atom stereocenters. The molecule has 57 heavy (non-hydrogen) atoms. The molecule has 4 aliphatic carbocycles. The van der Waals surface area contributed by atoms with Crippen molar-refractivity contribution in [2.75, 3.05) is 32.1 Å². The summed E-state index contributed by atoms with van der Waals surface area (Å²) in [5, 5.41) is 33.1. The lowest BCUT2D eigenvalue weighted by atomic mass is 9.43. The molecule has 0 spiro atoms. The quantitative estimate of drug-likeness (QED) is 0.0297. The molecule has 4 amide bonds. The van der Waals surface area contributed by atoms with Crippen LogP contribution in [0.2, 0.25) is 0 Å². The van der Waals surface area contributed by atoms with Crippen molar-refractivity contribution in [1.29, 1.82) is 0 Å². The maximum atomic E-state index is 13.5. The molecule has 15 nitrogen and oxygen atoms in total. The zero-order valence-electron chi connectivity index (χ0n) is 33.8. The maximum absolute atomic E-state index is 13.5. The Morgan fingerprint density at radius 2 is 1.84 bits per heavy atom. The van der Waals surface area contributed by atoms with Gasteiger partial charge in [0, 0.05) is 30.1 Å². The van der Waals surface area contributed by atoms with Crippen LogP contribution >= 0.6 is 11.8 Å². The van der Waals surface area contributed by atoms with Crippen molar-refractivity contribution < 1.29 is 38.9 Å². The van der Waals surface area contributed by atoms with Crippen LogP contribution in [0.15, 0.2) is 16.4 Å². The first-order chi connectivity index (χ1) is 27.2. The third-order valence-electron chi connectivity index (χ3n) is 14.7. The van der Waals surface area contributed by atoms with Crippen LogP contribution in [0.5, 0.6) is 0 Å². The van der Waals surface area contributed by atoms with Crippen molar-refractivity contribution in [2.24, 2.45) is 51.5 Å². The topological polar surface area (TPSA) is 215 Å². The number of hydrogen-bond acceptors (Lipinski definition) is 10. The number of ether oxygens (including phenoxy) is 2. The number of nitrogens with one attached hydrogen (secondary N) is 3. The van der Waals surface area contributed by atoms with Crippen LogP contribution in [-0.2, 0) is 23.9 Å². The van der Waals surface area contributed by atoms with Gasteiger partial charge in [-0.3, -0.25) is 19.3 Å². The first-order valence-electron chi connectivity index (χ1n) is 20.8. The molecule has 314 valence electrons. The Balaban J connectivity index is 0.980. The number of aliphatic hydroxyl groups is 2. The molecule has 6 aliphatic rings. The van der Waals surface area contributed by atoms with Crippen LogP contribution in [0.25, 0.3) is 10.4 Å². The summed E-state index contributed by atoms with van der Waals surface area (Å²) in [7, 11) is 0. The number of carbonyl (C=O) groups excluding carboxylic acids is 4. The van der Waals surface area contributed by atoms with Crippen molar-refractivity contribution in [3.63, 3.8) is 0 Å². The molecule has 1 saturated heterocycles. The molecule has 6 rings (SSSR count). The molecular weight excluding hydrogens is 751 g/mol. The molecule has 5 N–H and O–H groups in total. The number of azide groups is 1. The number of hydrogen-bond donors (Lipinski definition) is 5. The molecule has 4 saturated carbocycles. The SMILES string of the molecule is C#CCC(NC(=O)OCCOCCN=[N+]=[N-])NC(=O)C1=C(C)CSC2C(NC(=O)CCC(C)C3CCC4C5C(O)CC6CC(O)CCC6(C)C5CCC34C)C(=O)N12. The number of carbonyl (C=O) groups is 4. The van der Waals surface area contributed by atoms with Crippen molar-refractivity contribution in [3.05, 3.63) is 21.7 Å². The highest BCUT2D eigenvalue weighted by Crippen LogP contribution is 2.68. The van der Waals surface area contributed by atoms with E-state index in [2.05, 4.69) is 52.7 Å². The number of thioether (sulfide) groups is 1. The van der Waals surface area contributed by atoms with Gasteiger partial charge < -0.3 is 35.6 Å². The third-order valence-corrected chi connectivity index (χ3v) is 16.1. The van der Waals surface area contributed by atoms with E-state index >= 15 is 0 Å². The zero-order chi connectivity index (χ0) is 41.1.